The summed E-state index contributed by atoms with van der Waals surface area (Å²) in [4.78, 5) is 28.5. The minimum absolute atomic E-state index is 0.0306. The lowest BCUT2D eigenvalue weighted by molar-refractivity contribution is -0.137. The van der Waals surface area contributed by atoms with Crippen molar-refractivity contribution in [3.63, 3.8) is 0 Å². The van der Waals surface area contributed by atoms with E-state index in [1.807, 2.05) is 12.1 Å². The number of pyridine rings is 1. The van der Waals surface area contributed by atoms with Gasteiger partial charge in [0.1, 0.15) is 0 Å². The zero-order valence-corrected chi connectivity index (χ0v) is 12.2. The van der Waals surface area contributed by atoms with Gasteiger partial charge in [0.15, 0.2) is 5.82 Å². The molecule has 1 saturated heterocycles. The van der Waals surface area contributed by atoms with Crippen LogP contribution in [0.3, 0.4) is 0 Å². The normalized spacial score (nSPS) is 14.5. The second kappa shape index (κ2) is 8.18. The molecule has 0 spiro atoms. The van der Waals surface area contributed by atoms with Gasteiger partial charge < -0.3 is 20.1 Å². The van der Waals surface area contributed by atoms with Crippen LogP contribution in [0.5, 0.6) is 0 Å². The molecule has 3 N–H and O–H groups in total. The summed E-state index contributed by atoms with van der Waals surface area (Å²) in [6.45, 7) is 3.10. The maximum atomic E-state index is 11.8. The SMILES string of the molecule is O=C(O)CCCNC(=O)Nc1ncccc1N1CCOCC1. The van der Waals surface area contributed by atoms with Crippen molar-refractivity contribution in [3.8, 4) is 0 Å². The predicted molar refractivity (Wildman–Crippen MR) is 81.2 cm³/mol. The molecule has 0 saturated carbocycles. The molecule has 22 heavy (non-hydrogen) atoms. The van der Waals surface area contributed by atoms with Crippen molar-refractivity contribution in [2.24, 2.45) is 0 Å². The average molecular weight is 308 g/mol. The second-order valence-electron chi connectivity index (χ2n) is 4.85. The predicted octanol–water partition coefficient (Wildman–Crippen LogP) is 0.904. The molecule has 2 amide bonds. The average Bonchev–Trinajstić information content (AvgIpc) is 2.53. The van der Waals surface area contributed by atoms with Crippen molar-refractivity contribution in [2.75, 3.05) is 43.1 Å². The summed E-state index contributed by atoms with van der Waals surface area (Å²) in [5.41, 5.74) is 0.853. The summed E-state index contributed by atoms with van der Waals surface area (Å²) in [5.74, 6) is -0.387. The number of hydrogen-bond donors (Lipinski definition) is 3. The molecule has 8 nitrogen and oxygen atoms in total. The molecule has 0 aliphatic carbocycles. The van der Waals surface area contributed by atoms with Crippen molar-refractivity contribution in [2.45, 2.75) is 12.8 Å². The topological polar surface area (TPSA) is 104 Å². The van der Waals surface area contributed by atoms with E-state index < -0.39 is 12.0 Å². The van der Waals surface area contributed by atoms with Gasteiger partial charge in [0, 0.05) is 32.3 Å². The number of aliphatic carboxylic acids is 1. The first-order valence-electron chi connectivity index (χ1n) is 7.21. The van der Waals surface area contributed by atoms with Crippen molar-refractivity contribution in [1.82, 2.24) is 10.3 Å². The standard InChI is InChI=1S/C14H20N4O4/c19-12(20)4-2-6-16-14(21)17-13-11(3-1-5-15-13)18-7-9-22-10-8-18/h1,3,5H,2,4,6-10H2,(H,19,20)(H2,15,16,17,21). The maximum absolute atomic E-state index is 11.8. The highest BCUT2D eigenvalue weighted by Gasteiger charge is 2.16. The van der Waals surface area contributed by atoms with Crippen LogP contribution < -0.4 is 15.5 Å². The van der Waals surface area contributed by atoms with E-state index in [-0.39, 0.29) is 6.42 Å². The Morgan fingerprint density at radius 2 is 2.14 bits per heavy atom. The van der Waals surface area contributed by atoms with Gasteiger partial charge >= 0.3 is 12.0 Å². The fourth-order valence-corrected chi connectivity index (χ4v) is 2.15. The Kier molecular flexibility index (Phi) is 5.96. The van der Waals surface area contributed by atoms with Crippen LogP contribution in [0.25, 0.3) is 0 Å². The number of urea groups is 1. The van der Waals surface area contributed by atoms with E-state index in [9.17, 15) is 9.59 Å². The van der Waals surface area contributed by atoms with Crippen LogP contribution in [0.2, 0.25) is 0 Å². The van der Waals surface area contributed by atoms with E-state index in [0.717, 1.165) is 18.8 Å². The monoisotopic (exact) mass is 308 g/mol. The third-order valence-electron chi connectivity index (χ3n) is 3.22. The molecule has 0 unspecified atom stereocenters. The van der Waals surface area contributed by atoms with Crippen molar-refractivity contribution < 1.29 is 19.4 Å². The molecule has 1 fully saturated rings. The number of rotatable bonds is 6. The number of anilines is 2. The number of aromatic nitrogens is 1. The van der Waals surface area contributed by atoms with Crippen LogP contribution in [0.4, 0.5) is 16.3 Å². The van der Waals surface area contributed by atoms with Crippen LogP contribution in [-0.2, 0) is 9.53 Å². The number of carbonyl (C=O) groups is 2. The lowest BCUT2D eigenvalue weighted by Gasteiger charge is -2.29. The number of morpholine rings is 1. The van der Waals surface area contributed by atoms with Crippen LogP contribution in [0, 0.1) is 0 Å². The molecule has 0 atom stereocenters. The second-order valence-corrected chi connectivity index (χ2v) is 4.85. The summed E-state index contributed by atoms with van der Waals surface area (Å²) in [7, 11) is 0. The van der Waals surface area contributed by atoms with Gasteiger partial charge in [-0.1, -0.05) is 0 Å². The summed E-state index contributed by atoms with van der Waals surface area (Å²) in [5, 5.41) is 13.9. The molecule has 120 valence electrons. The number of hydrogen-bond acceptors (Lipinski definition) is 5. The van der Waals surface area contributed by atoms with Crippen LogP contribution in [-0.4, -0.2) is 54.9 Å². The number of carboxylic acids is 1. The molecule has 1 aliphatic heterocycles. The van der Waals surface area contributed by atoms with Crippen LogP contribution in [0.15, 0.2) is 18.3 Å². The lowest BCUT2D eigenvalue weighted by Crippen LogP contribution is -2.37. The minimum atomic E-state index is -0.874. The van der Waals surface area contributed by atoms with Gasteiger partial charge in [-0.3, -0.25) is 10.1 Å². The largest absolute Gasteiger partial charge is 0.481 e. The van der Waals surface area contributed by atoms with E-state index in [1.54, 1.807) is 6.20 Å². The molecule has 1 aliphatic rings. The molecule has 2 rings (SSSR count). The zero-order valence-electron chi connectivity index (χ0n) is 12.2. The number of nitrogens with zero attached hydrogens (tertiary/aromatic N) is 2. The first-order valence-corrected chi connectivity index (χ1v) is 7.21. The number of ether oxygens (including phenoxy) is 1. The third kappa shape index (κ3) is 4.88. The van der Waals surface area contributed by atoms with Gasteiger partial charge in [0.05, 0.1) is 18.9 Å². The highest BCUT2D eigenvalue weighted by atomic mass is 16.5. The van der Waals surface area contributed by atoms with Gasteiger partial charge in [-0.05, 0) is 18.6 Å². The fraction of sp³-hybridized carbons (Fsp3) is 0.500. The highest BCUT2D eigenvalue weighted by Crippen LogP contribution is 2.23. The Labute approximate surface area is 128 Å². The fourth-order valence-electron chi connectivity index (χ4n) is 2.15. The summed E-state index contributed by atoms with van der Waals surface area (Å²) in [6, 6.07) is 3.33. The van der Waals surface area contributed by atoms with E-state index in [2.05, 4.69) is 20.5 Å². The van der Waals surface area contributed by atoms with E-state index in [4.69, 9.17) is 9.84 Å². The molecular formula is C14H20N4O4. The van der Waals surface area contributed by atoms with Gasteiger partial charge in [0.2, 0.25) is 0 Å². The highest BCUT2D eigenvalue weighted by molar-refractivity contribution is 5.91. The number of carboxylic acid groups (broad SMARTS) is 1. The quantitative estimate of drug-likeness (QED) is 0.675. The summed E-state index contributed by atoms with van der Waals surface area (Å²) >= 11 is 0. The molecule has 0 bridgehead atoms. The molecule has 0 radical (unpaired) electrons. The Bertz CT molecular complexity index is 517. The van der Waals surface area contributed by atoms with Gasteiger partial charge in [-0.25, -0.2) is 9.78 Å². The molecule has 1 aromatic heterocycles. The van der Waals surface area contributed by atoms with E-state index in [1.165, 1.54) is 0 Å². The Hall–Kier alpha value is -2.35. The zero-order chi connectivity index (χ0) is 15.8. The molecular weight excluding hydrogens is 288 g/mol. The third-order valence-corrected chi connectivity index (χ3v) is 3.22. The van der Waals surface area contributed by atoms with Crippen molar-refractivity contribution in [1.29, 1.82) is 0 Å². The van der Waals surface area contributed by atoms with E-state index >= 15 is 0 Å². The Balaban J connectivity index is 1.88. The Morgan fingerprint density at radius 1 is 1.36 bits per heavy atom. The molecule has 1 aromatic rings. The van der Waals surface area contributed by atoms with Crippen LogP contribution in [0.1, 0.15) is 12.8 Å². The summed E-state index contributed by atoms with van der Waals surface area (Å²) < 4.78 is 5.32. The molecule has 8 heteroatoms. The van der Waals surface area contributed by atoms with Gasteiger partial charge in [-0.2, -0.15) is 0 Å². The van der Waals surface area contributed by atoms with E-state index in [0.29, 0.717) is 32.0 Å². The number of carbonyl (C=O) groups excluding carboxylic acids is 1. The molecule has 2 heterocycles. The van der Waals surface area contributed by atoms with Crippen molar-refractivity contribution in [3.05, 3.63) is 18.3 Å². The smallest absolute Gasteiger partial charge is 0.320 e. The first kappa shape index (κ1) is 16.0. The van der Waals surface area contributed by atoms with Crippen LogP contribution >= 0.6 is 0 Å². The first-order chi connectivity index (χ1) is 10.7. The molecule has 0 aromatic carbocycles. The summed E-state index contributed by atoms with van der Waals surface area (Å²) in [6.07, 6.45) is 2.04. The number of nitrogens with one attached hydrogen (secondary N) is 2. The lowest BCUT2D eigenvalue weighted by atomic mass is 10.3. The Morgan fingerprint density at radius 3 is 2.86 bits per heavy atom. The maximum Gasteiger partial charge on any atom is 0.320 e. The minimum Gasteiger partial charge on any atom is -0.481 e. The number of amides is 2. The van der Waals surface area contributed by atoms with Crippen molar-refractivity contribution >= 4 is 23.5 Å². The van der Waals surface area contributed by atoms with Gasteiger partial charge in [-0.15, -0.1) is 0 Å². The van der Waals surface area contributed by atoms with Gasteiger partial charge in [0.25, 0.3) is 0 Å².